The fourth-order valence-electron chi connectivity index (χ4n) is 3.36. The fourth-order valence-corrected chi connectivity index (χ4v) is 4.07. The SMILES string of the molecule is CCCCCCCCCCCCCCCCCCCCOS(=O)(=O)CCO.[Na]. The zero-order valence-electron chi connectivity index (χ0n) is 18.9. The molecule has 165 valence electrons. The van der Waals surface area contributed by atoms with Crippen molar-refractivity contribution in [2.75, 3.05) is 19.0 Å². The summed E-state index contributed by atoms with van der Waals surface area (Å²) in [5.74, 6) is -0.300. The topological polar surface area (TPSA) is 63.6 Å². The molecular formula is C22H46NaO4S. The van der Waals surface area contributed by atoms with Crippen molar-refractivity contribution in [1.29, 1.82) is 0 Å². The van der Waals surface area contributed by atoms with Crippen LogP contribution in [0.25, 0.3) is 0 Å². The van der Waals surface area contributed by atoms with Gasteiger partial charge in [-0.2, -0.15) is 8.42 Å². The molecule has 0 saturated heterocycles. The second-order valence-corrected chi connectivity index (χ2v) is 9.58. The van der Waals surface area contributed by atoms with Crippen molar-refractivity contribution >= 4 is 39.7 Å². The number of aliphatic hydroxyl groups is 1. The summed E-state index contributed by atoms with van der Waals surface area (Å²) in [6.07, 6.45) is 23.7. The minimum Gasteiger partial charge on any atom is -0.395 e. The van der Waals surface area contributed by atoms with E-state index in [9.17, 15) is 8.42 Å². The molecule has 0 spiro atoms. The molecule has 1 radical (unpaired) electrons. The van der Waals surface area contributed by atoms with Crippen molar-refractivity contribution in [2.24, 2.45) is 0 Å². The van der Waals surface area contributed by atoms with Crippen LogP contribution in [-0.2, 0) is 14.3 Å². The van der Waals surface area contributed by atoms with Crippen LogP contribution in [0.15, 0.2) is 0 Å². The van der Waals surface area contributed by atoms with Gasteiger partial charge in [0.05, 0.1) is 19.0 Å². The Kier molecular flexibility index (Phi) is 26.8. The summed E-state index contributed by atoms with van der Waals surface area (Å²) in [4.78, 5) is 0. The van der Waals surface area contributed by atoms with Gasteiger partial charge in [-0.05, 0) is 6.42 Å². The summed E-state index contributed by atoms with van der Waals surface area (Å²) in [6, 6.07) is 0. The Morgan fingerprint density at radius 1 is 0.607 bits per heavy atom. The largest absolute Gasteiger partial charge is 0.395 e. The first-order chi connectivity index (χ1) is 13.1. The van der Waals surface area contributed by atoms with Gasteiger partial charge >= 0.3 is 0 Å². The molecule has 1 N–H and O–H groups in total. The molecule has 0 aromatic rings. The predicted octanol–water partition coefficient (Wildman–Crippen LogP) is 5.99. The molecule has 28 heavy (non-hydrogen) atoms. The van der Waals surface area contributed by atoms with Crippen molar-refractivity contribution in [3.05, 3.63) is 0 Å². The molecular weight excluding hydrogens is 383 g/mol. The van der Waals surface area contributed by atoms with Crippen LogP contribution < -0.4 is 0 Å². The van der Waals surface area contributed by atoms with E-state index in [1.165, 1.54) is 96.3 Å². The standard InChI is InChI=1S/C22H46O4S.Na/c1-2-3-4-5-6-7-8-9-10-11-12-13-14-15-16-17-18-19-21-26-27(24,25)22-20-23;/h23H,2-22H2,1H3;. The van der Waals surface area contributed by atoms with E-state index < -0.39 is 10.1 Å². The second-order valence-electron chi connectivity index (χ2n) is 7.82. The predicted molar refractivity (Wildman–Crippen MR) is 121 cm³/mol. The van der Waals surface area contributed by atoms with Gasteiger partial charge in [0.1, 0.15) is 0 Å². The van der Waals surface area contributed by atoms with Crippen LogP contribution in [0.5, 0.6) is 0 Å². The van der Waals surface area contributed by atoms with Gasteiger partial charge in [0, 0.05) is 29.6 Å². The van der Waals surface area contributed by atoms with Gasteiger partial charge in [-0.25, -0.2) is 0 Å². The quantitative estimate of drug-likeness (QED) is 0.130. The molecule has 0 unspecified atom stereocenters. The Morgan fingerprint density at radius 3 is 1.25 bits per heavy atom. The maximum Gasteiger partial charge on any atom is 0.269 e. The Hall–Kier alpha value is 0.870. The monoisotopic (exact) mass is 429 g/mol. The van der Waals surface area contributed by atoms with Gasteiger partial charge in [-0.15, -0.1) is 0 Å². The van der Waals surface area contributed by atoms with Gasteiger partial charge in [0.2, 0.25) is 0 Å². The number of hydrogen-bond acceptors (Lipinski definition) is 4. The van der Waals surface area contributed by atoms with E-state index in [4.69, 9.17) is 9.29 Å². The molecule has 0 fully saturated rings. The summed E-state index contributed by atoms with van der Waals surface area (Å²) in [5.41, 5.74) is 0. The van der Waals surface area contributed by atoms with Crippen LogP contribution in [0, 0.1) is 0 Å². The van der Waals surface area contributed by atoms with Crippen LogP contribution in [0.3, 0.4) is 0 Å². The summed E-state index contributed by atoms with van der Waals surface area (Å²) < 4.78 is 27.3. The average Bonchev–Trinajstić information content (AvgIpc) is 2.63. The fraction of sp³-hybridized carbons (Fsp3) is 1.00. The van der Waals surface area contributed by atoms with Gasteiger partial charge < -0.3 is 5.11 Å². The summed E-state index contributed by atoms with van der Waals surface area (Å²) in [6.45, 7) is 2.15. The third kappa shape index (κ3) is 24.9. The molecule has 0 aromatic carbocycles. The second kappa shape index (κ2) is 24.1. The van der Waals surface area contributed by atoms with Gasteiger partial charge in [-0.1, -0.05) is 116 Å². The summed E-state index contributed by atoms with van der Waals surface area (Å²) in [5, 5.41) is 8.60. The van der Waals surface area contributed by atoms with E-state index in [-0.39, 0.29) is 48.5 Å². The molecule has 0 aliphatic rings. The van der Waals surface area contributed by atoms with Crippen molar-refractivity contribution in [2.45, 2.75) is 122 Å². The smallest absolute Gasteiger partial charge is 0.269 e. The third-order valence-electron chi connectivity index (χ3n) is 5.10. The van der Waals surface area contributed by atoms with Crippen molar-refractivity contribution < 1.29 is 17.7 Å². The van der Waals surface area contributed by atoms with E-state index in [2.05, 4.69) is 6.92 Å². The van der Waals surface area contributed by atoms with E-state index in [1.54, 1.807) is 0 Å². The summed E-state index contributed by atoms with van der Waals surface area (Å²) in [7, 11) is -3.50. The number of aliphatic hydroxyl groups excluding tert-OH is 1. The third-order valence-corrected chi connectivity index (χ3v) is 6.31. The van der Waals surface area contributed by atoms with Gasteiger partial charge in [-0.3, -0.25) is 4.18 Å². The van der Waals surface area contributed by atoms with Crippen molar-refractivity contribution in [3.8, 4) is 0 Å². The first-order valence-electron chi connectivity index (χ1n) is 11.6. The van der Waals surface area contributed by atoms with Crippen molar-refractivity contribution in [1.82, 2.24) is 0 Å². The van der Waals surface area contributed by atoms with E-state index in [0.717, 1.165) is 19.3 Å². The molecule has 0 aromatic heterocycles. The zero-order chi connectivity index (χ0) is 20.1. The first kappa shape index (κ1) is 31.1. The number of unbranched alkanes of at least 4 members (excludes halogenated alkanes) is 17. The van der Waals surface area contributed by atoms with Crippen LogP contribution in [0.4, 0.5) is 0 Å². The Balaban J connectivity index is 0. The maximum absolute atomic E-state index is 11.2. The molecule has 0 amide bonds. The molecule has 0 atom stereocenters. The molecule has 0 aliphatic carbocycles. The number of rotatable bonds is 22. The Bertz CT molecular complexity index is 388. The zero-order valence-corrected chi connectivity index (χ0v) is 21.7. The number of hydrogen-bond donors (Lipinski definition) is 1. The Morgan fingerprint density at radius 2 is 0.929 bits per heavy atom. The van der Waals surface area contributed by atoms with Crippen LogP contribution in [0.1, 0.15) is 122 Å². The van der Waals surface area contributed by atoms with Crippen LogP contribution >= 0.6 is 0 Å². The van der Waals surface area contributed by atoms with Gasteiger partial charge in [0.15, 0.2) is 0 Å². The molecule has 0 heterocycles. The molecule has 6 heteroatoms. The molecule has 0 rings (SSSR count). The van der Waals surface area contributed by atoms with Crippen LogP contribution in [0.2, 0.25) is 0 Å². The molecule has 0 bridgehead atoms. The molecule has 0 saturated carbocycles. The first-order valence-corrected chi connectivity index (χ1v) is 13.2. The minimum atomic E-state index is -3.50. The normalized spacial score (nSPS) is 11.5. The van der Waals surface area contributed by atoms with Crippen molar-refractivity contribution in [3.63, 3.8) is 0 Å². The van der Waals surface area contributed by atoms with E-state index >= 15 is 0 Å². The molecule has 0 aliphatic heterocycles. The van der Waals surface area contributed by atoms with Gasteiger partial charge in [0.25, 0.3) is 10.1 Å². The van der Waals surface area contributed by atoms with E-state index in [0.29, 0.717) is 0 Å². The summed E-state index contributed by atoms with van der Waals surface area (Å²) >= 11 is 0. The average molecular weight is 430 g/mol. The molecule has 4 nitrogen and oxygen atoms in total. The van der Waals surface area contributed by atoms with Crippen LogP contribution in [-0.4, -0.2) is 62.0 Å². The van der Waals surface area contributed by atoms with E-state index in [1.807, 2.05) is 0 Å². The maximum atomic E-state index is 11.2. The minimum absolute atomic E-state index is 0. The Labute approximate surface area is 198 Å².